The van der Waals surface area contributed by atoms with E-state index in [0.29, 0.717) is 0 Å². The summed E-state index contributed by atoms with van der Waals surface area (Å²) in [5.41, 5.74) is 2.17. The first-order chi connectivity index (χ1) is 7.40. The molecular weight excluding hydrogens is 184 g/mol. The zero-order valence-electron chi connectivity index (χ0n) is 9.03. The molecule has 15 heavy (non-hydrogen) atoms. The molecule has 2 nitrogen and oxygen atoms in total. The van der Waals surface area contributed by atoms with Crippen molar-refractivity contribution in [1.82, 2.24) is 4.98 Å². The minimum Gasteiger partial charge on any atom is -0.384 e. The maximum absolute atomic E-state index is 4.40. The molecule has 0 bridgehead atoms. The van der Waals surface area contributed by atoms with E-state index >= 15 is 0 Å². The summed E-state index contributed by atoms with van der Waals surface area (Å²) in [5, 5.41) is 4.57. The number of nitrogens with one attached hydrogen (secondary N) is 1. The number of fused-ring (bicyclic) bond motifs is 1. The smallest absolute Gasteiger partial charge is 0.0703 e. The van der Waals surface area contributed by atoms with Gasteiger partial charge in [-0.25, -0.2) is 0 Å². The summed E-state index contributed by atoms with van der Waals surface area (Å²) in [5.74, 6) is 0. The largest absolute Gasteiger partial charge is 0.384 e. The second-order valence-electron chi connectivity index (χ2n) is 3.70. The van der Waals surface area contributed by atoms with Crippen molar-refractivity contribution >= 4 is 16.6 Å². The Morgan fingerprint density at radius 3 is 3.00 bits per heavy atom. The van der Waals surface area contributed by atoms with Gasteiger partial charge in [-0.1, -0.05) is 31.5 Å². The van der Waals surface area contributed by atoms with Crippen LogP contribution in [-0.4, -0.2) is 11.5 Å². The molecule has 2 aromatic rings. The van der Waals surface area contributed by atoms with Crippen LogP contribution in [0.5, 0.6) is 0 Å². The molecule has 0 spiro atoms. The van der Waals surface area contributed by atoms with Crippen molar-refractivity contribution in [3.63, 3.8) is 0 Å². The van der Waals surface area contributed by atoms with Crippen molar-refractivity contribution < 1.29 is 0 Å². The van der Waals surface area contributed by atoms with Crippen LogP contribution in [-0.2, 0) is 0 Å². The highest BCUT2D eigenvalue weighted by Crippen LogP contribution is 2.15. The van der Waals surface area contributed by atoms with Crippen molar-refractivity contribution in [1.29, 1.82) is 0 Å². The van der Waals surface area contributed by atoms with E-state index in [0.717, 1.165) is 17.7 Å². The zero-order valence-corrected chi connectivity index (χ0v) is 9.03. The van der Waals surface area contributed by atoms with Gasteiger partial charge >= 0.3 is 0 Å². The summed E-state index contributed by atoms with van der Waals surface area (Å²) in [6, 6.07) is 10.3. The van der Waals surface area contributed by atoms with Crippen LogP contribution >= 0.6 is 0 Å². The van der Waals surface area contributed by atoms with E-state index in [-0.39, 0.29) is 0 Å². The van der Waals surface area contributed by atoms with Crippen molar-refractivity contribution in [2.75, 3.05) is 11.9 Å². The lowest BCUT2D eigenvalue weighted by molar-refractivity contribution is 0.834. The van der Waals surface area contributed by atoms with Gasteiger partial charge in [-0.05, 0) is 18.6 Å². The number of hydrogen-bond acceptors (Lipinski definition) is 2. The van der Waals surface area contributed by atoms with Crippen LogP contribution in [0.1, 0.15) is 19.8 Å². The maximum atomic E-state index is 4.40. The lowest BCUT2D eigenvalue weighted by Gasteiger charge is -2.05. The number of anilines is 1. The Kier molecular flexibility index (Phi) is 3.18. The third-order valence-corrected chi connectivity index (χ3v) is 2.45. The summed E-state index contributed by atoms with van der Waals surface area (Å²) >= 11 is 0. The third-order valence-electron chi connectivity index (χ3n) is 2.45. The molecule has 0 aliphatic rings. The molecule has 0 saturated heterocycles. The summed E-state index contributed by atoms with van der Waals surface area (Å²) in [6.07, 6.45) is 4.32. The molecule has 0 aliphatic carbocycles. The highest BCUT2D eigenvalue weighted by molar-refractivity contribution is 5.81. The predicted molar refractivity (Wildman–Crippen MR) is 65.1 cm³/mol. The molecule has 0 saturated carbocycles. The first kappa shape index (κ1) is 9.97. The Morgan fingerprint density at radius 1 is 1.27 bits per heavy atom. The van der Waals surface area contributed by atoms with Gasteiger partial charge in [0.15, 0.2) is 0 Å². The van der Waals surface area contributed by atoms with Gasteiger partial charge in [-0.3, -0.25) is 4.98 Å². The van der Waals surface area contributed by atoms with E-state index < -0.39 is 0 Å². The maximum Gasteiger partial charge on any atom is 0.0703 e. The third kappa shape index (κ3) is 2.46. The number of para-hydroxylation sites is 1. The Bertz CT molecular complexity index is 437. The number of hydrogen-bond donors (Lipinski definition) is 1. The summed E-state index contributed by atoms with van der Waals surface area (Å²) < 4.78 is 0. The second-order valence-corrected chi connectivity index (χ2v) is 3.70. The molecule has 1 heterocycles. The molecule has 0 atom stereocenters. The molecule has 0 amide bonds. The van der Waals surface area contributed by atoms with Crippen LogP contribution in [0, 0.1) is 0 Å². The predicted octanol–water partition coefficient (Wildman–Crippen LogP) is 3.45. The fourth-order valence-corrected chi connectivity index (χ4v) is 1.58. The molecule has 0 unspecified atom stereocenters. The fourth-order valence-electron chi connectivity index (χ4n) is 1.58. The van der Waals surface area contributed by atoms with Gasteiger partial charge in [0.2, 0.25) is 0 Å². The SMILES string of the molecule is CCCCNc1cnc2ccccc2c1. The van der Waals surface area contributed by atoms with Crippen LogP contribution in [0.25, 0.3) is 10.9 Å². The molecular formula is C13H16N2. The van der Waals surface area contributed by atoms with Crippen LogP contribution in [0.3, 0.4) is 0 Å². The average Bonchev–Trinajstić information content (AvgIpc) is 2.29. The van der Waals surface area contributed by atoms with Gasteiger partial charge in [0.1, 0.15) is 0 Å². The van der Waals surface area contributed by atoms with Gasteiger partial charge in [0.25, 0.3) is 0 Å². The highest BCUT2D eigenvalue weighted by atomic mass is 14.9. The first-order valence-electron chi connectivity index (χ1n) is 5.49. The van der Waals surface area contributed by atoms with Crippen molar-refractivity contribution in [2.24, 2.45) is 0 Å². The van der Waals surface area contributed by atoms with Gasteiger partial charge in [0.05, 0.1) is 17.4 Å². The van der Waals surface area contributed by atoms with Gasteiger partial charge in [-0.15, -0.1) is 0 Å². The van der Waals surface area contributed by atoms with Crippen molar-refractivity contribution in [2.45, 2.75) is 19.8 Å². The number of unbranched alkanes of at least 4 members (excludes halogenated alkanes) is 1. The van der Waals surface area contributed by atoms with Crippen LogP contribution in [0.2, 0.25) is 0 Å². The molecule has 78 valence electrons. The van der Waals surface area contributed by atoms with E-state index in [1.807, 2.05) is 24.4 Å². The molecule has 0 aliphatic heterocycles. The molecule has 0 fully saturated rings. The Balaban J connectivity index is 2.16. The average molecular weight is 200 g/mol. The number of rotatable bonds is 4. The van der Waals surface area contributed by atoms with E-state index in [1.54, 1.807) is 0 Å². The highest BCUT2D eigenvalue weighted by Gasteiger charge is 1.95. The molecule has 2 rings (SSSR count). The molecule has 1 N–H and O–H groups in total. The molecule has 1 aromatic heterocycles. The topological polar surface area (TPSA) is 24.9 Å². The van der Waals surface area contributed by atoms with Gasteiger partial charge < -0.3 is 5.32 Å². The van der Waals surface area contributed by atoms with Crippen LogP contribution in [0.4, 0.5) is 5.69 Å². The normalized spacial score (nSPS) is 10.5. The summed E-state index contributed by atoms with van der Waals surface area (Å²) in [6.45, 7) is 3.22. The van der Waals surface area contributed by atoms with Crippen LogP contribution in [0.15, 0.2) is 36.5 Å². The minimum absolute atomic E-state index is 1.02. The first-order valence-corrected chi connectivity index (χ1v) is 5.49. The second kappa shape index (κ2) is 4.78. The number of nitrogens with zero attached hydrogens (tertiary/aromatic N) is 1. The van der Waals surface area contributed by atoms with E-state index in [1.165, 1.54) is 18.2 Å². The Morgan fingerprint density at radius 2 is 2.13 bits per heavy atom. The van der Waals surface area contributed by atoms with E-state index in [9.17, 15) is 0 Å². The number of aromatic nitrogens is 1. The van der Waals surface area contributed by atoms with Gasteiger partial charge in [-0.2, -0.15) is 0 Å². The van der Waals surface area contributed by atoms with Crippen LogP contribution < -0.4 is 5.32 Å². The molecule has 2 heteroatoms. The number of pyridine rings is 1. The number of benzene rings is 1. The Labute approximate surface area is 90.3 Å². The van der Waals surface area contributed by atoms with E-state index in [4.69, 9.17) is 0 Å². The lowest BCUT2D eigenvalue weighted by atomic mass is 10.2. The van der Waals surface area contributed by atoms with Crippen molar-refractivity contribution in [3.8, 4) is 0 Å². The summed E-state index contributed by atoms with van der Waals surface area (Å²) in [4.78, 5) is 4.40. The summed E-state index contributed by atoms with van der Waals surface area (Å²) in [7, 11) is 0. The van der Waals surface area contributed by atoms with Crippen molar-refractivity contribution in [3.05, 3.63) is 36.5 Å². The van der Waals surface area contributed by atoms with Gasteiger partial charge in [0, 0.05) is 11.9 Å². The minimum atomic E-state index is 1.02. The zero-order chi connectivity index (χ0) is 10.5. The monoisotopic (exact) mass is 200 g/mol. The lowest BCUT2D eigenvalue weighted by Crippen LogP contribution is -2.00. The quantitative estimate of drug-likeness (QED) is 0.765. The van der Waals surface area contributed by atoms with E-state index in [2.05, 4.69) is 29.4 Å². The molecule has 1 aromatic carbocycles. The molecule has 0 radical (unpaired) electrons. The standard InChI is InChI=1S/C13H16N2/c1-2-3-8-14-12-9-11-6-4-5-7-13(11)15-10-12/h4-7,9-10,14H,2-3,8H2,1H3. The fraction of sp³-hybridized carbons (Fsp3) is 0.308. The Hall–Kier alpha value is -1.57.